The summed E-state index contributed by atoms with van der Waals surface area (Å²) in [5.74, 6) is -1.04. The zero-order valence-electron chi connectivity index (χ0n) is 20.7. The Morgan fingerprint density at radius 2 is 1.81 bits per heavy atom. The molecular formula is C30H33F2IN2O2. The van der Waals surface area contributed by atoms with Crippen molar-refractivity contribution in [2.24, 2.45) is 0 Å². The van der Waals surface area contributed by atoms with Gasteiger partial charge in [0, 0.05) is 29.1 Å². The number of hydrogen-bond acceptors (Lipinski definition) is 3. The lowest BCUT2D eigenvalue weighted by molar-refractivity contribution is -0.122. The normalized spacial score (nSPS) is 16.3. The molecule has 0 fully saturated rings. The smallest absolute Gasteiger partial charge is 0.220 e. The average molecular weight is 619 g/mol. The van der Waals surface area contributed by atoms with Crippen LogP contribution in [0.3, 0.4) is 0 Å². The third kappa shape index (κ3) is 8.32. The van der Waals surface area contributed by atoms with Crippen molar-refractivity contribution in [3.63, 3.8) is 0 Å². The number of aliphatic hydroxyl groups is 1. The zero-order valence-corrected chi connectivity index (χ0v) is 22.9. The molecule has 0 spiro atoms. The van der Waals surface area contributed by atoms with Gasteiger partial charge in [-0.15, -0.1) is 0 Å². The molecule has 0 heterocycles. The molecule has 3 atom stereocenters. The summed E-state index contributed by atoms with van der Waals surface area (Å²) >= 11 is 2.25. The Morgan fingerprint density at radius 1 is 1.03 bits per heavy atom. The third-order valence-corrected chi connectivity index (χ3v) is 7.64. The molecule has 1 unspecified atom stereocenters. The molecule has 3 N–H and O–H groups in total. The summed E-state index contributed by atoms with van der Waals surface area (Å²) in [7, 11) is 0. The Morgan fingerprint density at radius 3 is 2.59 bits per heavy atom. The van der Waals surface area contributed by atoms with E-state index in [1.807, 2.05) is 18.2 Å². The largest absolute Gasteiger partial charge is 0.390 e. The topological polar surface area (TPSA) is 61.4 Å². The number of rotatable bonds is 12. The van der Waals surface area contributed by atoms with Crippen molar-refractivity contribution in [1.82, 2.24) is 10.6 Å². The number of halogens is 3. The highest BCUT2D eigenvalue weighted by molar-refractivity contribution is 14.1. The number of carbonyl (C=O) groups excluding carboxylic acids is 1. The molecule has 7 heteroatoms. The fourth-order valence-electron chi connectivity index (χ4n) is 5.15. The maximum absolute atomic E-state index is 13.8. The highest BCUT2D eigenvalue weighted by Gasteiger charge is 2.24. The number of nitrogens with one attached hydrogen (secondary N) is 2. The fraction of sp³-hybridized carbons (Fsp3) is 0.367. The molecule has 4 nitrogen and oxygen atoms in total. The first kappa shape index (κ1) is 27.7. The Bertz CT molecular complexity index is 1190. The summed E-state index contributed by atoms with van der Waals surface area (Å²) in [5, 5.41) is 17.1. The number of carbonyl (C=O) groups is 1. The lowest BCUT2D eigenvalue weighted by Crippen LogP contribution is -2.48. The van der Waals surface area contributed by atoms with Gasteiger partial charge >= 0.3 is 0 Å². The van der Waals surface area contributed by atoms with Gasteiger partial charge in [-0.25, -0.2) is 8.78 Å². The van der Waals surface area contributed by atoms with E-state index in [1.54, 1.807) is 0 Å². The van der Waals surface area contributed by atoms with Crippen LogP contribution in [-0.4, -0.2) is 29.7 Å². The number of aryl methyl sites for hydroxylation is 1. The molecule has 0 aromatic heterocycles. The predicted molar refractivity (Wildman–Crippen MR) is 150 cm³/mol. The van der Waals surface area contributed by atoms with Crippen LogP contribution in [0.25, 0.3) is 0 Å². The van der Waals surface area contributed by atoms with Crippen LogP contribution < -0.4 is 10.6 Å². The molecule has 1 amide bonds. The molecular weight excluding hydrogens is 585 g/mol. The number of aliphatic hydroxyl groups excluding tert-OH is 1. The minimum atomic E-state index is -0.931. The first-order chi connectivity index (χ1) is 17.9. The second-order valence-corrected chi connectivity index (χ2v) is 11.1. The van der Waals surface area contributed by atoms with Gasteiger partial charge in [-0.3, -0.25) is 4.79 Å². The maximum Gasteiger partial charge on any atom is 0.220 e. The summed E-state index contributed by atoms with van der Waals surface area (Å²) in [4.78, 5) is 12.8. The van der Waals surface area contributed by atoms with E-state index in [-0.39, 0.29) is 18.9 Å². The van der Waals surface area contributed by atoms with Crippen molar-refractivity contribution in [3.05, 3.63) is 104 Å². The number of benzene rings is 3. The van der Waals surface area contributed by atoms with E-state index in [0.29, 0.717) is 24.4 Å². The molecule has 0 radical (unpaired) electrons. The summed E-state index contributed by atoms with van der Waals surface area (Å²) in [6.07, 6.45) is 3.41. The monoisotopic (exact) mass is 618 g/mol. The van der Waals surface area contributed by atoms with Gasteiger partial charge in [-0.2, -0.15) is 0 Å². The summed E-state index contributed by atoms with van der Waals surface area (Å²) in [6, 6.07) is 19.2. The quantitative estimate of drug-likeness (QED) is 0.230. The minimum Gasteiger partial charge on any atom is -0.390 e. The molecule has 0 saturated heterocycles. The summed E-state index contributed by atoms with van der Waals surface area (Å²) < 4.78 is 28.7. The molecule has 0 saturated carbocycles. The molecule has 3 aromatic carbocycles. The average Bonchev–Trinajstić information content (AvgIpc) is 3.26. The number of amides is 1. The van der Waals surface area contributed by atoms with Gasteiger partial charge in [0.15, 0.2) is 0 Å². The highest BCUT2D eigenvalue weighted by Crippen LogP contribution is 2.36. The highest BCUT2D eigenvalue weighted by atomic mass is 127. The summed E-state index contributed by atoms with van der Waals surface area (Å²) in [6.45, 7) is 0.791. The van der Waals surface area contributed by atoms with Crippen LogP contribution >= 0.6 is 22.6 Å². The lowest BCUT2D eigenvalue weighted by atomic mass is 9.95. The molecule has 196 valence electrons. The van der Waals surface area contributed by atoms with Gasteiger partial charge in [-0.1, -0.05) is 36.4 Å². The zero-order chi connectivity index (χ0) is 26.2. The molecule has 1 aliphatic rings. The van der Waals surface area contributed by atoms with Gasteiger partial charge in [0.2, 0.25) is 5.91 Å². The van der Waals surface area contributed by atoms with Crippen LogP contribution in [0.1, 0.15) is 53.9 Å². The predicted octanol–water partition coefficient (Wildman–Crippen LogP) is 5.65. The van der Waals surface area contributed by atoms with Gasteiger partial charge in [0.05, 0.1) is 12.1 Å². The van der Waals surface area contributed by atoms with Crippen LogP contribution in [-0.2, 0) is 24.2 Å². The van der Waals surface area contributed by atoms with Crippen LogP contribution in [0.5, 0.6) is 0 Å². The molecule has 37 heavy (non-hydrogen) atoms. The van der Waals surface area contributed by atoms with E-state index >= 15 is 0 Å². The van der Waals surface area contributed by atoms with Crippen LogP contribution in [0.15, 0.2) is 66.7 Å². The minimum absolute atomic E-state index is 0.127. The number of hydrogen-bond donors (Lipinski definition) is 3. The van der Waals surface area contributed by atoms with Crippen LogP contribution in [0.4, 0.5) is 8.78 Å². The first-order valence-electron chi connectivity index (χ1n) is 12.8. The Balaban J connectivity index is 1.33. The van der Waals surface area contributed by atoms with E-state index < -0.39 is 23.8 Å². The second-order valence-electron chi connectivity index (χ2n) is 9.81. The molecule has 4 rings (SSSR count). The van der Waals surface area contributed by atoms with Crippen molar-refractivity contribution in [2.75, 3.05) is 6.54 Å². The van der Waals surface area contributed by atoms with E-state index in [9.17, 15) is 18.7 Å². The van der Waals surface area contributed by atoms with Gasteiger partial charge < -0.3 is 15.7 Å². The fourth-order valence-corrected chi connectivity index (χ4v) is 5.76. The maximum atomic E-state index is 13.8. The lowest BCUT2D eigenvalue weighted by Gasteiger charge is -2.25. The SMILES string of the molecule is O=C(CCCC1CCc2ccccc21)N[C@@H](Cc1cc(F)cc(F)c1)[C@H](O)CNCc1cccc(I)c1. The second kappa shape index (κ2) is 13.4. The number of fused-ring (bicyclic) bond motifs is 1. The Hall–Kier alpha value is -2.36. The van der Waals surface area contributed by atoms with Gasteiger partial charge in [-0.05, 0) is 107 Å². The van der Waals surface area contributed by atoms with Crippen molar-refractivity contribution in [1.29, 1.82) is 0 Å². The first-order valence-corrected chi connectivity index (χ1v) is 13.9. The Labute approximate surface area is 231 Å². The molecule has 0 aliphatic heterocycles. The molecule has 0 bridgehead atoms. The van der Waals surface area contributed by atoms with Crippen LogP contribution in [0.2, 0.25) is 0 Å². The molecule has 1 aliphatic carbocycles. The third-order valence-electron chi connectivity index (χ3n) is 6.97. The Kier molecular flexibility index (Phi) is 10.1. The van der Waals surface area contributed by atoms with E-state index in [4.69, 9.17) is 0 Å². The van der Waals surface area contributed by atoms with Crippen LogP contribution in [0, 0.1) is 15.2 Å². The van der Waals surface area contributed by atoms with Crippen molar-refractivity contribution < 1.29 is 18.7 Å². The van der Waals surface area contributed by atoms with Crippen molar-refractivity contribution >= 4 is 28.5 Å². The van der Waals surface area contributed by atoms with E-state index in [0.717, 1.165) is 40.9 Å². The van der Waals surface area contributed by atoms with E-state index in [2.05, 4.69) is 63.6 Å². The molecule has 3 aromatic rings. The van der Waals surface area contributed by atoms with E-state index in [1.165, 1.54) is 23.3 Å². The standard InChI is InChI=1S/C30H33F2IN2O2/c31-24-13-21(14-25(32)17-24)16-28(29(36)19-34-18-20-5-3-8-26(33)15-20)35-30(37)10-4-7-23-12-11-22-6-1-2-9-27(22)23/h1-3,5-6,8-9,13-15,17,23,28-29,34,36H,4,7,10-12,16,18-19H2,(H,35,37)/t23?,28-,29+/m0/s1. The summed E-state index contributed by atoms with van der Waals surface area (Å²) in [5.41, 5.74) is 4.27. The van der Waals surface area contributed by atoms with Gasteiger partial charge in [0.25, 0.3) is 0 Å². The van der Waals surface area contributed by atoms with Crippen molar-refractivity contribution in [3.8, 4) is 0 Å². The van der Waals surface area contributed by atoms with Gasteiger partial charge in [0.1, 0.15) is 11.6 Å². The van der Waals surface area contributed by atoms with Crippen molar-refractivity contribution in [2.45, 2.75) is 63.1 Å².